The Labute approximate surface area is 192 Å². The van der Waals surface area contributed by atoms with Crippen molar-refractivity contribution in [3.63, 3.8) is 0 Å². The number of hydrogen-bond donors (Lipinski definition) is 2. The van der Waals surface area contributed by atoms with E-state index in [2.05, 4.69) is 48.5 Å². The van der Waals surface area contributed by atoms with Crippen LogP contribution in [0.2, 0.25) is 0 Å². The van der Waals surface area contributed by atoms with Crippen LogP contribution >= 0.6 is 0 Å². The van der Waals surface area contributed by atoms with Gasteiger partial charge in [-0.15, -0.1) is 0 Å². The smallest absolute Gasteiger partial charge is 0.132 e. The second kappa shape index (κ2) is 8.57. The minimum absolute atomic E-state index is 0.0289. The van der Waals surface area contributed by atoms with E-state index in [1.165, 1.54) is 6.20 Å². The van der Waals surface area contributed by atoms with Crippen molar-refractivity contribution in [1.29, 1.82) is 0 Å². The molecular formula is C24H28N8O. The first-order valence-electron chi connectivity index (χ1n) is 11.1. The molecule has 2 fully saturated rings. The Morgan fingerprint density at radius 3 is 2.79 bits per heavy atom. The number of aliphatic imine (C=N–C) groups is 1. The zero-order valence-electron chi connectivity index (χ0n) is 18.7. The molecule has 2 aromatic heterocycles. The van der Waals surface area contributed by atoms with Gasteiger partial charge in [0.25, 0.3) is 0 Å². The van der Waals surface area contributed by atoms with Crippen LogP contribution in [0, 0.1) is 0 Å². The van der Waals surface area contributed by atoms with Crippen molar-refractivity contribution < 1.29 is 4.74 Å². The molecule has 5 rings (SSSR count). The van der Waals surface area contributed by atoms with Crippen molar-refractivity contribution >= 4 is 22.9 Å². The van der Waals surface area contributed by atoms with Gasteiger partial charge in [0.05, 0.1) is 11.2 Å². The first-order valence-corrected chi connectivity index (χ1v) is 11.1. The Kier molecular flexibility index (Phi) is 5.45. The van der Waals surface area contributed by atoms with Gasteiger partial charge < -0.3 is 20.3 Å². The van der Waals surface area contributed by atoms with Crippen molar-refractivity contribution in [3.8, 4) is 17.1 Å². The number of nitrogens with two attached hydrogens (primary N) is 1. The fourth-order valence-corrected chi connectivity index (χ4v) is 3.94. The van der Waals surface area contributed by atoms with Gasteiger partial charge in [-0.25, -0.2) is 9.97 Å². The van der Waals surface area contributed by atoms with Crippen LogP contribution in [0.25, 0.3) is 22.3 Å². The number of anilines is 1. The van der Waals surface area contributed by atoms with Gasteiger partial charge in [-0.1, -0.05) is 6.58 Å². The molecule has 3 heterocycles. The molecule has 0 atom stereocenters. The second-order valence-electron chi connectivity index (χ2n) is 8.64. The van der Waals surface area contributed by atoms with Crippen LogP contribution in [0.4, 0.5) is 5.82 Å². The lowest BCUT2D eigenvalue weighted by Gasteiger charge is -2.36. The van der Waals surface area contributed by atoms with Crippen LogP contribution in [0.5, 0.6) is 5.75 Å². The molecule has 0 radical (unpaired) electrons. The molecule has 0 spiro atoms. The molecule has 33 heavy (non-hydrogen) atoms. The third kappa shape index (κ3) is 4.52. The Hall–Kier alpha value is -3.88. The number of piperazine rings is 1. The molecule has 1 aliphatic carbocycles. The number of benzene rings is 1. The highest BCUT2D eigenvalue weighted by atomic mass is 16.5. The van der Waals surface area contributed by atoms with Crippen LogP contribution < -0.4 is 15.4 Å². The minimum atomic E-state index is -0.0289. The molecule has 2 aliphatic rings. The van der Waals surface area contributed by atoms with E-state index in [0.29, 0.717) is 5.82 Å². The summed E-state index contributed by atoms with van der Waals surface area (Å²) in [5.74, 6) is 2.44. The predicted octanol–water partition coefficient (Wildman–Crippen LogP) is 3.09. The lowest BCUT2D eigenvalue weighted by molar-refractivity contribution is 0.200. The Bertz CT molecular complexity index is 1220. The van der Waals surface area contributed by atoms with Crippen LogP contribution in [0.1, 0.15) is 19.8 Å². The number of nitrogens with one attached hydrogen (secondary N) is 1. The van der Waals surface area contributed by atoms with E-state index < -0.39 is 0 Å². The molecule has 1 saturated carbocycles. The normalized spacial score (nSPS) is 18.2. The average Bonchev–Trinajstić information content (AvgIpc) is 3.41. The van der Waals surface area contributed by atoms with Gasteiger partial charge in [-0.3, -0.25) is 10.1 Å². The second-order valence-corrected chi connectivity index (χ2v) is 8.64. The summed E-state index contributed by atoms with van der Waals surface area (Å²) in [6, 6.07) is 8.04. The van der Waals surface area contributed by atoms with Crippen molar-refractivity contribution in [2.75, 3.05) is 31.1 Å². The maximum Gasteiger partial charge on any atom is 0.132 e. The van der Waals surface area contributed by atoms with Crippen molar-refractivity contribution in [2.45, 2.75) is 25.4 Å². The number of H-pyrrole nitrogens is 1. The van der Waals surface area contributed by atoms with Crippen LogP contribution in [-0.2, 0) is 0 Å². The molecule has 0 amide bonds. The minimum Gasteiger partial charge on any atom is -0.488 e. The average molecular weight is 445 g/mol. The summed E-state index contributed by atoms with van der Waals surface area (Å²) < 4.78 is 6.15. The monoisotopic (exact) mass is 444 g/mol. The Morgan fingerprint density at radius 2 is 2.03 bits per heavy atom. The predicted molar refractivity (Wildman–Crippen MR) is 130 cm³/mol. The highest BCUT2D eigenvalue weighted by Gasteiger charge is 2.40. The van der Waals surface area contributed by atoms with E-state index >= 15 is 0 Å². The van der Waals surface area contributed by atoms with Crippen LogP contribution in [0.15, 0.2) is 60.3 Å². The summed E-state index contributed by atoms with van der Waals surface area (Å²) in [4.78, 5) is 17.4. The van der Waals surface area contributed by atoms with E-state index in [1.54, 1.807) is 18.6 Å². The summed E-state index contributed by atoms with van der Waals surface area (Å²) >= 11 is 0. The van der Waals surface area contributed by atoms with Crippen molar-refractivity contribution in [3.05, 3.63) is 55.3 Å². The standard InChI is InChI=1S/C24H28N8O/c1-3-26-9-6-21(25)31-10-12-32(13-11-31)22-15-20(27-16-28-22)23-18-14-17(33-24(2)7-8-24)4-5-19(18)29-30-23/h3-6,9,14-16H,1,7-8,10-13,25H2,2H3,(H,29,30)/b21-6+,26-9-. The van der Waals surface area contributed by atoms with Crippen molar-refractivity contribution in [2.24, 2.45) is 10.7 Å². The lowest BCUT2D eigenvalue weighted by Crippen LogP contribution is -2.47. The third-order valence-electron chi connectivity index (χ3n) is 6.15. The van der Waals surface area contributed by atoms with Crippen LogP contribution in [-0.4, -0.2) is 63.1 Å². The first kappa shape index (κ1) is 21.0. The lowest BCUT2D eigenvalue weighted by atomic mass is 10.1. The summed E-state index contributed by atoms with van der Waals surface area (Å²) in [5.41, 5.74) is 8.67. The number of ether oxygens (including phenoxy) is 1. The number of rotatable bonds is 7. The summed E-state index contributed by atoms with van der Waals surface area (Å²) in [6.45, 7) is 8.92. The first-order chi connectivity index (χ1) is 16.0. The highest BCUT2D eigenvalue weighted by molar-refractivity contribution is 5.93. The molecular weight excluding hydrogens is 416 g/mol. The SMILES string of the molecule is C=C/N=C\C=C(/N)N1CCN(c2cc(-c3n[nH]c4ccc(OC5(C)CC5)cc34)ncn2)CC1. The number of nitrogens with zero attached hydrogens (tertiary/aromatic N) is 6. The molecule has 3 aromatic rings. The van der Waals surface area contributed by atoms with Crippen LogP contribution in [0.3, 0.4) is 0 Å². The summed E-state index contributed by atoms with van der Waals surface area (Å²) in [6.07, 6.45) is 8.72. The number of fused-ring (bicyclic) bond motifs is 1. The summed E-state index contributed by atoms with van der Waals surface area (Å²) in [7, 11) is 0. The summed E-state index contributed by atoms with van der Waals surface area (Å²) in [5, 5.41) is 8.63. The van der Waals surface area contributed by atoms with Gasteiger partial charge in [0.1, 0.15) is 35.0 Å². The topological polar surface area (TPSA) is 109 Å². The molecule has 9 nitrogen and oxygen atoms in total. The van der Waals surface area contributed by atoms with Gasteiger partial charge >= 0.3 is 0 Å². The van der Waals surface area contributed by atoms with Gasteiger partial charge in [0.2, 0.25) is 0 Å². The van der Waals surface area contributed by atoms with Crippen molar-refractivity contribution in [1.82, 2.24) is 25.1 Å². The maximum absolute atomic E-state index is 6.16. The fourth-order valence-electron chi connectivity index (χ4n) is 3.94. The van der Waals surface area contributed by atoms with Gasteiger partial charge in [0, 0.05) is 50.0 Å². The van der Waals surface area contributed by atoms with E-state index in [1.807, 2.05) is 24.3 Å². The zero-order chi connectivity index (χ0) is 22.8. The zero-order valence-corrected chi connectivity index (χ0v) is 18.7. The molecule has 170 valence electrons. The molecule has 0 unspecified atom stereocenters. The Morgan fingerprint density at radius 1 is 1.21 bits per heavy atom. The quantitative estimate of drug-likeness (QED) is 0.539. The van der Waals surface area contributed by atoms with Gasteiger partial charge in [-0.2, -0.15) is 5.10 Å². The largest absolute Gasteiger partial charge is 0.488 e. The number of aromatic nitrogens is 4. The third-order valence-corrected chi connectivity index (χ3v) is 6.15. The molecule has 9 heteroatoms. The van der Waals surface area contributed by atoms with Gasteiger partial charge in [-0.05, 0) is 44.0 Å². The molecule has 1 saturated heterocycles. The van der Waals surface area contributed by atoms with E-state index in [0.717, 1.165) is 72.9 Å². The maximum atomic E-state index is 6.16. The molecule has 3 N–H and O–H groups in total. The molecule has 0 bridgehead atoms. The van der Waals surface area contributed by atoms with E-state index in [-0.39, 0.29) is 5.60 Å². The van der Waals surface area contributed by atoms with Gasteiger partial charge in [0.15, 0.2) is 0 Å². The highest BCUT2D eigenvalue weighted by Crippen LogP contribution is 2.40. The number of hydrogen-bond acceptors (Lipinski definition) is 8. The molecule has 1 aromatic carbocycles. The Balaban J connectivity index is 1.33. The fraction of sp³-hybridized carbons (Fsp3) is 0.333. The number of allylic oxidation sites excluding steroid dienone is 1. The van der Waals surface area contributed by atoms with E-state index in [9.17, 15) is 0 Å². The van der Waals surface area contributed by atoms with E-state index in [4.69, 9.17) is 10.5 Å². The number of aromatic amines is 1. The molecule has 1 aliphatic heterocycles.